The Morgan fingerprint density at radius 1 is 1.26 bits per heavy atom. The van der Waals surface area contributed by atoms with Crippen molar-refractivity contribution in [2.24, 2.45) is 0 Å². The molecule has 1 saturated heterocycles. The molecule has 4 rings (SSSR count). The Morgan fingerprint density at radius 3 is 2.68 bits per heavy atom. The molecule has 2 unspecified atom stereocenters. The number of rotatable bonds is 5. The van der Waals surface area contributed by atoms with Crippen LogP contribution in [0, 0.1) is 11.8 Å². The third kappa shape index (κ3) is 6.67. The van der Waals surface area contributed by atoms with Gasteiger partial charge in [0.05, 0.1) is 0 Å². The van der Waals surface area contributed by atoms with Crippen LogP contribution in [0.25, 0.3) is 5.52 Å². The second-order valence-corrected chi connectivity index (χ2v) is 12.3. The second kappa shape index (κ2) is 11.0. The molecule has 8 nitrogen and oxygen atoms in total. The Labute approximate surface area is 224 Å². The number of hydrogen-bond donors (Lipinski definition) is 2. The molecule has 0 aromatic carbocycles. The first-order chi connectivity index (χ1) is 17.8. The summed E-state index contributed by atoms with van der Waals surface area (Å²) in [6, 6.07) is 4.34. The molecule has 1 fully saturated rings. The summed E-state index contributed by atoms with van der Waals surface area (Å²) in [5, 5.41) is 9.86. The Bertz CT molecular complexity index is 1370. The second-order valence-electron chi connectivity index (χ2n) is 10.1. The van der Waals surface area contributed by atoms with E-state index in [0.717, 1.165) is 0 Å². The van der Waals surface area contributed by atoms with Crippen molar-refractivity contribution in [3.8, 4) is 11.8 Å². The monoisotopic (exact) mass is 599 g/mol. The van der Waals surface area contributed by atoms with Gasteiger partial charge in [0.25, 0.3) is 0 Å². The third-order valence-corrected chi connectivity index (χ3v) is 7.74. The van der Waals surface area contributed by atoms with Crippen LogP contribution in [-0.2, 0) is 5.54 Å². The van der Waals surface area contributed by atoms with Crippen molar-refractivity contribution in [3.63, 3.8) is 0 Å². The predicted molar refractivity (Wildman–Crippen MR) is 137 cm³/mol. The first kappa shape index (κ1) is 28.0. The van der Waals surface area contributed by atoms with Gasteiger partial charge in [0, 0.05) is 0 Å². The molecule has 1 amide bonds. The van der Waals surface area contributed by atoms with Crippen LogP contribution in [0.1, 0.15) is 43.2 Å². The molecule has 3 aromatic rings. The average Bonchev–Trinajstić information content (AvgIpc) is 3.44. The normalized spacial score (nSPS) is 18.7. The van der Waals surface area contributed by atoms with E-state index in [1.807, 2.05) is 32.7 Å². The minimum absolute atomic E-state index is 0.0147. The van der Waals surface area contributed by atoms with E-state index in [0.29, 0.717) is 24.3 Å². The minimum atomic E-state index is -4.42. The van der Waals surface area contributed by atoms with E-state index in [9.17, 15) is 22.4 Å². The van der Waals surface area contributed by atoms with E-state index < -0.39 is 38.2 Å². The Hall–Kier alpha value is -3.07. The molecule has 3 aromatic heterocycles. The zero-order valence-corrected chi connectivity index (χ0v) is 23.1. The van der Waals surface area contributed by atoms with Gasteiger partial charge >= 0.3 is 224 Å². The molecule has 4 heterocycles. The van der Waals surface area contributed by atoms with Gasteiger partial charge in [0.1, 0.15) is 0 Å². The summed E-state index contributed by atoms with van der Waals surface area (Å²) in [5.74, 6) is 5.41. The third-order valence-electron chi connectivity index (χ3n) is 5.98. The average molecular weight is 599 g/mol. The number of halogens is 4. The summed E-state index contributed by atoms with van der Waals surface area (Å²) in [5.41, 5.74) is 0.307. The number of piperidine rings is 1. The molecular weight excluding hydrogens is 569 g/mol. The summed E-state index contributed by atoms with van der Waals surface area (Å²) in [6.45, 7) is 6.74. The van der Waals surface area contributed by atoms with E-state index in [4.69, 9.17) is 0 Å². The van der Waals surface area contributed by atoms with Crippen LogP contribution >= 0.6 is 0 Å². The van der Waals surface area contributed by atoms with Crippen LogP contribution in [0.3, 0.4) is 0 Å². The maximum absolute atomic E-state index is 14.6. The zero-order chi connectivity index (χ0) is 27.7. The van der Waals surface area contributed by atoms with Crippen LogP contribution in [0.2, 0.25) is 0 Å². The molecule has 204 valence electrons. The van der Waals surface area contributed by atoms with Crippen LogP contribution in [0.15, 0.2) is 30.6 Å². The molecule has 1 aliphatic heterocycles. The van der Waals surface area contributed by atoms with Crippen LogP contribution in [0.5, 0.6) is 0 Å². The molecule has 0 bridgehead atoms. The summed E-state index contributed by atoms with van der Waals surface area (Å²) >= 11 is -1.90. The number of nitrogens with one attached hydrogen (secondary N) is 2. The van der Waals surface area contributed by atoms with Gasteiger partial charge in [-0.15, -0.1) is 0 Å². The van der Waals surface area contributed by atoms with Gasteiger partial charge in [0.2, 0.25) is 0 Å². The van der Waals surface area contributed by atoms with Gasteiger partial charge in [-0.1, -0.05) is 0 Å². The van der Waals surface area contributed by atoms with Gasteiger partial charge < -0.3 is 0 Å². The number of hydrogen-bond acceptors (Lipinski definition) is 5. The Kier molecular flexibility index (Phi) is 8.06. The van der Waals surface area contributed by atoms with Gasteiger partial charge in [-0.2, -0.15) is 0 Å². The van der Waals surface area contributed by atoms with Crippen molar-refractivity contribution in [1.82, 2.24) is 29.6 Å². The van der Waals surface area contributed by atoms with Crippen molar-refractivity contribution >= 4 is 36.7 Å². The van der Waals surface area contributed by atoms with Gasteiger partial charge in [-0.3, -0.25) is 0 Å². The number of carbonyl (C=O) groups is 1. The number of fused-ring (bicyclic) bond motifs is 1. The summed E-state index contributed by atoms with van der Waals surface area (Å²) in [7, 11) is 1.84. The standard InChI is InChI=1S/C25H29F4N7OSe/c1-24(2,3)35-14-16(13-31-35)23(37)30-11-6-7-19-22(38-25(27,28)29)20-8-5-9-21(36(20)33-19)32-18-10-12-34(4)15-17(18)26/h5,8-9,13-14,17-18,32H,10-12,15H2,1-4H3,(H,30,37). The summed E-state index contributed by atoms with van der Waals surface area (Å²) < 4.78 is 58.0. The molecule has 1 aliphatic rings. The number of aromatic nitrogens is 4. The van der Waals surface area contributed by atoms with Crippen LogP contribution in [0.4, 0.5) is 23.4 Å². The number of amides is 1. The van der Waals surface area contributed by atoms with Crippen molar-refractivity contribution in [3.05, 3.63) is 41.9 Å². The summed E-state index contributed by atoms with van der Waals surface area (Å²) in [4.78, 5) is 14.3. The molecular formula is C25H29F4N7OSe. The number of nitrogens with zero attached hydrogens (tertiary/aromatic N) is 5. The van der Waals surface area contributed by atoms with Gasteiger partial charge in [-0.05, 0) is 0 Å². The maximum atomic E-state index is 14.6. The zero-order valence-electron chi connectivity index (χ0n) is 21.4. The van der Waals surface area contributed by atoms with Crippen molar-refractivity contribution in [2.75, 3.05) is 32.0 Å². The van der Waals surface area contributed by atoms with E-state index in [-0.39, 0.29) is 34.3 Å². The van der Waals surface area contributed by atoms with Crippen molar-refractivity contribution < 1.29 is 22.4 Å². The van der Waals surface area contributed by atoms with Crippen molar-refractivity contribution in [2.45, 2.75) is 50.0 Å². The van der Waals surface area contributed by atoms with E-state index in [2.05, 4.69) is 32.7 Å². The fraction of sp³-hybridized carbons (Fsp3) is 0.480. The molecule has 0 spiro atoms. The van der Waals surface area contributed by atoms with E-state index >= 15 is 0 Å². The number of pyridine rings is 1. The van der Waals surface area contributed by atoms with Crippen LogP contribution in [-0.4, -0.2) is 89.1 Å². The SMILES string of the molecule is CN1CCC(Nc2cccc3c([Se]C(F)(F)F)c(C#CCNC(=O)c4cnn(C(C)(C)C)c4)nn23)C(F)C1. The number of alkyl halides is 4. The Morgan fingerprint density at radius 2 is 2.03 bits per heavy atom. The number of carbonyl (C=O) groups excluding carboxylic acids is 1. The molecule has 0 aliphatic carbocycles. The Balaban J connectivity index is 1.55. The van der Waals surface area contributed by atoms with Gasteiger partial charge in [0.15, 0.2) is 0 Å². The van der Waals surface area contributed by atoms with E-state index in [1.165, 1.54) is 10.7 Å². The summed E-state index contributed by atoms with van der Waals surface area (Å²) in [6.07, 6.45) is 2.49. The first-order valence-corrected chi connectivity index (χ1v) is 13.7. The van der Waals surface area contributed by atoms with Gasteiger partial charge in [-0.25, -0.2) is 0 Å². The molecule has 0 saturated carbocycles. The van der Waals surface area contributed by atoms with Crippen molar-refractivity contribution in [1.29, 1.82) is 0 Å². The fourth-order valence-electron chi connectivity index (χ4n) is 4.03. The molecule has 13 heteroatoms. The molecule has 2 atom stereocenters. The van der Waals surface area contributed by atoms with Crippen LogP contribution < -0.4 is 15.1 Å². The number of likely N-dealkylation sites (tertiary alicyclic amines) is 1. The quantitative estimate of drug-likeness (QED) is 0.268. The first-order valence-electron chi connectivity index (χ1n) is 12.0. The predicted octanol–water partition coefficient (Wildman–Crippen LogP) is 2.37. The molecule has 38 heavy (non-hydrogen) atoms. The van der Waals surface area contributed by atoms with E-state index in [1.54, 1.807) is 29.1 Å². The fourth-order valence-corrected chi connectivity index (χ4v) is 5.45. The molecule has 2 N–H and O–H groups in total. The number of anilines is 1. The molecule has 0 radical (unpaired) electrons. The topological polar surface area (TPSA) is 79.5 Å².